The van der Waals surface area contributed by atoms with Crippen LogP contribution in [0.5, 0.6) is 0 Å². The number of aliphatic hydroxyl groups excluding tert-OH is 1. The van der Waals surface area contributed by atoms with Gasteiger partial charge in [0.2, 0.25) is 0 Å². The van der Waals surface area contributed by atoms with Crippen molar-refractivity contribution in [2.45, 2.75) is 31.9 Å². The molecule has 0 saturated heterocycles. The molecule has 1 saturated carbocycles. The topological polar surface area (TPSA) is 105 Å². The molecule has 2 rings (SSSR count). The lowest BCUT2D eigenvalue weighted by atomic mass is 10.1. The fraction of sp³-hybridized carbons (Fsp3) is 0.636. The number of nitrogens with zero attached hydrogens (tertiary/aromatic N) is 2. The molecule has 8 heteroatoms. The number of aryl methyl sites for hydroxylation is 1. The lowest BCUT2D eigenvalue weighted by Gasteiger charge is -2.15. The van der Waals surface area contributed by atoms with Crippen molar-refractivity contribution in [2.75, 3.05) is 11.9 Å². The Bertz CT molecular complexity index is 459. The molecule has 0 aliphatic heterocycles. The first-order valence-corrected chi connectivity index (χ1v) is 7.41. The Labute approximate surface area is 112 Å². The predicted molar refractivity (Wildman–Crippen MR) is 70.1 cm³/mol. The number of anilines is 1. The van der Waals surface area contributed by atoms with Crippen LogP contribution in [0.3, 0.4) is 0 Å². The van der Waals surface area contributed by atoms with Crippen LogP contribution in [-0.4, -0.2) is 38.7 Å². The van der Waals surface area contributed by atoms with E-state index < -0.39 is 8.25 Å². The highest BCUT2D eigenvalue weighted by Gasteiger charge is 2.35. The number of hydrogen-bond donors (Lipinski definition) is 3. The van der Waals surface area contributed by atoms with E-state index >= 15 is 0 Å². The summed E-state index contributed by atoms with van der Waals surface area (Å²) >= 11 is 0. The van der Waals surface area contributed by atoms with Crippen LogP contribution in [0.15, 0.2) is 12.3 Å². The van der Waals surface area contributed by atoms with Gasteiger partial charge in [0.1, 0.15) is 11.6 Å². The van der Waals surface area contributed by atoms with Gasteiger partial charge in [-0.05, 0) is 25.8 Å². The van der Waals surface area contributed by atoms with Crippen LogP contribution in [0, 0.1) is 12.8 Å². The van der Waals surface area contributed by atoms with Crippen LogP contribution >= 0.6 is 8.25 Å². The molecular weight excluding hydrogens is 269 g/mol. The van der Waals surface area contributed by atoms with E-state index in [1.165, 1.54) is 0 Å². The molecule has 1 unspecified atom stereocenters. The van der Waals surface area contributed by atoms with Crippen molar-refractivity contribution in [3.63, 3.8) is 0 Å². The van der Waals surface area contributed by atoms with Crippen molar-refractivity contribution in [3.05, 3.63) is 18.1 Å². The normalized spacial score (nSPS) is 28.3. The summed E-state index contributed by atoms with van der Waals surface area (Å²) in [7, 11) is -2.98. The zero-order valence-corrected chi connectivity index (χ0v) is 11.6. The maximum absolute atomic E-state index is 10.8. The number of nitrogens with one attached hydrogen (secondary N) is 1. The molecule has 1 aromatic rings. The van der Waals surface area contributed by atoms with Gasteiger partial charge in [0.15, 0.2) is 0 Å². The number of aliphatic hydroxyl groups is 1. The molecule has 106 valence electrons. The highest BCUT2D eigenvalue weighted by Crippen LogP contribution is 2.35. The first-order valence-electron chi connectivity index (χ1n) is 6.15. The highest BCUT2D eigenvalue weighted by atomic mass is 31.1. The Morgan fingerprint density at radius 2 is 2.37 bits per heavy atom. The van der Waals surface area contributed by atoms with E-state index in [-0.39, 0.29) is 24.7 Å². The number of rotatable bonds is 5. The van der Waals surface area contributed by atoms with Crippen LogP contribution in [0.1, 0.15) is 18.7 Å². The molecule has 0 aromatic carbocycles. The molecule has 19 heavy (non-hydrogen) atoms. The minimum absolute atomic E-state index is 0.0548. The van der Waals surface area contributed by atoms with Gasteiger partial charge in [0, 0.05) is 24.8 Å². The number of hydrogen-bond acceptors (Lipinski definition) is 6. The summed E-state index contributed by atoms with van der Waals surface area (Å²) in [6, 6.07) is 1.84. The molecule has 7 nitrogen and oxygen atoms in total. The van der Waals surface area contributed by atoms with Crippen LogP contribution in [-0.2, 0) is 9.09 Å². The Hall–Kier alpha value is -1.01. The van der Waals surface area contributed by atoms with Crippen molar-refractivity contribution in [1.82, 2.24) is 9.97 Å². The van der Waals surface area contributed by atoms with Crippen molar-refractivity contribution in [3.8, 4) is 0 Å². The monoisotopic (exact) mass is 287 g/mol. The fourth-order valence-corrected chi connectivity index (χ4v) is 2.96. The molecule has 1 aliphatic carbocycles. The van der Waals surface area contributed by atoms with Crippen LogP contribution in [0.4, 0.5) is 5.82 Å². The summed E-state index contributed by atoms with van der Waals surface area (Å²) in [6.45, 7) is 1.75. The van der Waals surface area contributed by atoms with E-state index in [0.717, 1.165) is 0 Å². The van der Waals surface area contributed by atoms with Crippen molar-refractivity contribution in [2.24, 2.45) is 5.92 Å². The average molecular weight is 287 g/mol. The SMILES string of the molecule is Cc1nccc(N[C@@H]2C[C@H](CO)[C@@H](O[PH](=O)O)C2)n1. The van der Waals surface area contributed by atoms with Gasteiger partial charge in [-0.25, -0.2) is 9.97 Å². The average Bonchev–Trinajstić information content (AvgIpc) is 2.70. The van der Waals surface area contributed by atoms with E-state index in [2.05, 4.69) is 15.3 Å². The third-order valence-electron chi connectivity index (χ3n) is 3.24. The van der Waals surface area contributed by atoms with Crippen molar-refractivity contribution >= 4 is 14.1 Å². The van der Waals surface area contributed by atoms with Gasteiger partial charge in [-0.15, -0.1) is 0 Å². The molecular formula is C11H18N3O4P. The second-order valence-corrected chi connectivity index (χ2v) is 5.43. The largest absolute Gasteiger partial charge is 0.396 e. The molecule has 0 amide bonds. The molecule has 1 aromatic heterocycles. The van der Waals surface area contributed by atoms with Gasteiger partial charge in [0.25, 0.3) is 0 Å². The van der Waals surface area contributed by atoms with Gasteiger partial charge in [-0.3, -0.25) is 4.57 Å². The summed E-state index contributed by atoms with van der Waals surface area (Å²) in [4.78, 5) is 17.1. The van der Waals surface area contributed by atoms with Crippen molar-refractivity contribution < 1.29 is 19.1 Å². The second-order valence-electron chi connectivity index (χ2n) is 4.67. The molecule has 0 radical (unpaired) electrons. The van der Waals surface area contributed by atoms with Gasteiger partial charge in [-0.1, -0.05) is 0 Å². The smallest absolute Gasteiger partial charge is 0.316 e. The molecule has 0 spiro atoms. The molecule has 0 bridgehead atoms. The molecule has 1 aliphatic rings. The molecule has 4 atom stereocenters. The van der Waals surface area contributed by atoms with Crippen molar-refractivity contribution in [1.29, 1.82) is 0 Å². The van der Waals surface area contributed by atoms with Gasteiger partial charge >= 0.3 is 8.25 Å². The van der Waals surface area contributed by atoms with Gasteiger partial charge < -0.3 is 19.8 Å². The first-order chi connectivity index (χ1) is 9.08. The summed E-state index contributed by atoms with van der Waals surface area (Å²) in [5.74, 6) is 1.27. The van der Waals surface area contributed by atoms with Gasteiger partial charge in [-0.2, -0.15) is 0 Å². The quantitative estimate of drug-likeness (QED) is 0.686. The Morgan fingerprint density at radius 3 is 3.00 bits per heavy atom. The second kappa shape index (κ2) is 6.43. The molecule has 1 heterocycles. The molecule has 1 fully saturated rings. The minimum Gasteiger partial charge on any atom is -0.396 e. The summed E-state index contributed by atoms with van der Waals surface area (Å²) < 4.78 is 15.7. The lowest BCUT2D eigenvalue weighted by Crippen LogP contribution is -2.18. The highest BCUT2D eigenvalue weighted by molar-refractivity contribution is 7.32. The predicted octanol–water partition coefficient (Wildman–Crippen LogP) is 0.735. The zero-order valence-electron chi connectivity index (χ0n) is 10.6. The fourth-order valence-electron chi connectivity index (χ4n) is 2.42. The van der Waals surface area contributed by atoms with Crippen LogP contribution in [0.25, 0.3) is 0 Å². The maximum atomic E-state index is 10.8. The summed E-state index contributed by atoms with van der Waals surface area (Å²) in [5.41, 5.74) is 0. The Kier molecular flexibility index (Phi) is 4.87. The third-order valence-corrected chi connectivity index (χ3v) is 3.75. The Balaban J connectivity index is 1.97. The van der Waals surface area contributed by atoms with E-state index in [0.29, 0.717) is 24.5 Å². The van der Waals surface area contributed by atoms with Crippen LogP contribution in [0.2, 0.25) is 0 Å². The van der Waals surface area contributed by atoms with E-state index in [4.69, 9.17) is 9.42 Å². The molecule has 3 N–H and O–H groups in total. The number of aromatic nitrogens is 2. The maximum Gasteiger partial charge on any atom is 0.316 e. The van der Waals surface area contributed by atoms with Crippen LogP contribution < -0.4 is 5.32 Å². The first kappa shape index (κ1) is 14.4. The van der Waals surface area contributed by atoms with E-state index in [9.17, 15) is 9.67 Å². The summed E-state index contributed by atoms with van der Waals surface area (Å²) in [5, 5.41) is 12.5. The third kappa shape index (κ3) is 3.98. The van der Waals surface area contributed by atoms with E-state index in [1.54, 1.807) is 19.2 Å². The van der Waals surface area contributed by atoms with Gasteiger partial charge in [0.05, 0.1) is 6.10 Å². The zero-order chi connectivity index (χ0) is 13.8. The standard InChI is InChI=1S/C11H18N3O4P/c1-7-12-3-2-11(13-7)14-9-4-8(6-15)10(5-9)18-19(16)17/h2-3,8-10,15,19H,4-6H2,1H3,(H,16,17)(H,12,13,14)/t8-,9-,10+/m1/s1. The summed E-state index contributed by atoms with van der Waals surface area (Å²) in [6.07, 6.45) is 2.54. The lowest BCUT2D eigenvalue weighted by molar-refractivity contribution is 0.106. The Morgan fingerprint density at radius 1 is 1.58 bits per heavy atom. The van der Waals surface area contributed by atoms with E-state index in [1.807, 2.05) is 0 Å². The minimum atomic E-state index is -2.98.